The zero-order valence-electron chi connectivity index (χ0n) is 32.2. The molecule has 2 bridgehead atoms. The van der Waals surface area contributed by atoms with Gasteiger partial charge in [-0.15, -0.1) is 0 Å². The monoisotopic (exact) mass is 767 g/mol. The van der Waals surface area contributed by atoms with Crippen LogP contribution in [0, 0.1) is 26.7 Å². The third kappa shape index (κ3) is 10.8. The van der Waals surface area contributed by atoms with Gasteiger partial charge in [0.15, 0.2) is 5.78 Å². The van der Waals surface area contributed by atoms with Gasteiger partial charge in [0.2, 0.25) is 17.8 Å². The molecule has 15 heteroatoms. The number of benzene rings is 2. The number of ether oxygens (including phenoxy) is 3. The molecule has 0 spiro atoms. The van der Waals surface area contributed by atoms with Crippen LogP contribution in [0.15, 0.2) is 46.3 Å². The number of sulfonamides is 1. The Hall–Kier alpha value is -4.92. The van der Waals surface area contributed by atoms with E-state index in [1.54, 1.807) is 50.3 Å². The van der Waals surface area contributed by atoms with Gasteiger partial charge in [0.05, 0.1) is 18.0 Å². The number of carbonyl (C=O) groups is 4. The molecule has 0 aromatic heterocycles. The van der Waals surface area contributed by atoms with Crippen LogP contribution in [0.1, 0.15) is 80.7 Å². The molecule has 0 unspecified atom stereocenters. The van der Waals surface area contributed by atoms with Crippen molar-refractivity contribution in [2.24, 2.45) is 16.6 Å². The van der Waals surface area contributed by atoms with E-state index in [1.165, 1.54) is 14.0 Å². The minimum absolute atomic E-state index is 0.0288. The number of hydrogen-bond donors (Lipinski definition) is 4. The predicted molar refractivity (Wildman–Crippen MR) is 204 cm³/mol. The Morgan fingerprint density at radius 1 is 1.06 bits per heavy atom. The molecule has 2 aromatic carbocycles. The predicted octanol–water partition coefficient (Wildman–Crippen LogP) is 3.41. The summed E-state index contributed by atoms with van der Waals surface area (Å²) in [4.78, 5) is 56.5. The second kappa shape index (κ2) is 17.9. The highest BCUT2D eigenvalue weighted by Crippen LogP contribution is 2.42. The highest BCUT2D eigenvalue weighted by Gasteiger charge is 2.34. The summed E-state index contributed by atoms with van der Waals surface area (Å²) < 4.78 is 46.6. The van der Waals surface area contributed by atoms with Gasteiger partial charge in [0, 0.05) is 25.8 Å². The van der Waals surface area contributed by atoms with Gasteiger partial charge in [-0.2, -0.15) is 0 Å². The largest absolute Gasteiger partial charge is 0.490 e. The van der Waals surface area contributed by atoms with Crippen LogP contribution in [0.5, 0.6) is 11.5 Å². The van der Waals surface area contributed by atoms with E-state index in [4.69, 9.17) is 19.9 Å². The smallest absolute Gasteiger partial charge is 0.328 e. The van der Waals surface area contributed by atoms with Crippen LogP contribution in [0.2, 0.25) is 0 Å². The standard InChI is InChI=1S/C39H53N5O9S/c1-23-24(2)35(25(3)30-17-18-39(5,6)53-34(23)30)54(49,50)44-38(40)41-19-10-11-28-22-33(46)32(42-26(4)45)21-27-13-15-29(16-14-27)52-20-9-8-12-31(37(48)51-7)43-36(28)47/h8-9,13-16,28,31-32H,10-12,17-22H2,1-7H3,(H,42,45)(H,43,47)(H3,40,41,44)/t28-,31+,32+/m1/s1. The molecule has 0 saturated carbocycles. The first-order chi connectivity index (χ1) is 25.4. The number of nitrogens with zero attached hydrogens (tertiary/aromatic N) is 1. The van der Waals surface area contributed by atoms with Crippen molar-refractivity contribution in [1.29, 1.82) is 0 Å². The number of nitrogens with two attached hydrogens (primary N) is 1. The summed E-state index contributed by atoms with van der Waals surface area (Å²) in [6.07, 6.45) is 5.26. The van der Waals surface area contributed by atoms with E-state index >= 15 is 0 Å². The first kappa shape index (κ1) is 41.8. The lowest BCUT2D eigenvalue weighted by atomic mass is 9.88. The SMILES string of the molecule is COC(=O)[C@@H]1CC=CCOc2ccc(cc2)C[C@H](NC(C)=O)C(=O)C[C@@H](CCCN=C(N)NS(=O)(=O)c2c(C)c(C)c3c(c2C)CCC(C)(C)O3)C(=O)N1. The Kier molecular flexibility index (Phi) is 13.9. The van der Waals surface area contributed by atoms with E-state index in [9.17, 15) is 27.6 Å². The molecule has 3 aliphatic heterocycles. The number of methoxy groups -OCH3 is 1. The van der Waals surface area contributed by atoms with Crippen molar-refractivity contribution in [2.45, 2.75) is 109 Å². The van der Waals surface area contributed by atoms with Crippen molar-refractivity contribution in [3.63, 3.8) is 0 Å². The van der Waals surface area contributed by atoms with E-state index in [1.807, 2.05) is 20.8 Å². The lowest BCUT2D eigenvalue weighted by molar-refractivity contribution is -0.145. The molecular formula is C39H53N5O9S. The number of nitrogens with one attached hydrogen (secondary N) is 3. The highest BCUT2D eigenvalue weighted by atomic mass is 32.2. The van der Waals surface area contributed by atoms with Crippen molar-refractivity contribution in [3.8, 4) is 11.5 Å². The maximum Gasteiger partial charge on any atom is 0.328 e. The van der Waals surface area contributed by atoms with Crippen molar-refractivity contribution >= 4 is 39.5 Å². The van der Waals surface area contributed by atoms with Gasteiger partial charge >= 0.3 is 5.97 Å². The third-order valence-corrected chi connectivity index (χ3v) is 11.4. The summed E-state index contributed by atoms with van der Waals surface area (Å²) >= 11 is 0. The van der Waals surface area contributed by atoms with Gasteiger partial charge in [-0.3, -0.25) is 19.4 Å². The van der Waals surface area contributed by atoms with Gasteiger partial charge in [0.25, 0.3) is 10.0 Å². The minimum atomic E-state index is -4.13. The van der Waals surface area contributed by atoms with Gasteiger partial charge in [-0.05, 0) is 113 Å². The van der Waals surface area contributed by atoms with E-state index in [2.05, 4.69) is 20.3 Å². The van der Waals surface area contributed by atoms with Crippen LogP contribution >= 0.6 is 0 Å². The number of ketones is 1. The van der Waals surface area contributed by atoms with Crippen LogP contribution in [-0.4, -0.2) is 75.9 Å². The van der Waals surface area contributed by atoms with Crippen molar-refractivity contribution in [2.75, 3.05) is 20.3 Å². The number of esters is 1. The maximum absolute atomic E-state index is 13.7. The number of Topliss-reactive ketones (excluding diaryl/α,β-unsaturated/α-hetero) is 1. The molecule has 0 saturated heterocycles. The Balaban J connectivity index is 1.53. The molecule has 2 amide bonds. The number of carbonyl (C=O) groups excluding carboxylic acids is 4. The number of rotatable bonds is 8. The third-order valence-electron chi connectivity index (χ3n) is 9.80. The van der Waals surface area contributed by atoms with E-state index < -0.39 is 45.8 Å². The quantitative estimate of drug-likeness (QED) is 0.101. The molecule has 0 fully saturated rings. The average Bonchev–Trinajstić information content (AvgIpc) is 3.10. The van der Waals surface area contributed by atoms with Crippen LogP contribution in [0.3, 0.4) is 0 Å². The highest BCUT2D eigenvalue weighted by molar-refractivity contribution is 7.90. The van der Waals surface area contributed by atoms with Crippen LogP contribution in [0.25, 0.3) is 0 Å². The molecule has 3 aliphatic rings. The van der Waals surface area contributed by atoms with Crippen LogP contribution < -0.4 is 30.6 Å². The van der Waals surface area contributed by atoms with E-state index in [-0.39, 0.29) is 67.5 Å². The maximum atomic E-state index is 13.7. The second-order valence-electron chi connectivity index (χ2n) is 14.5. The molecule has 0 aliphatic carbocycles. The van der Waals surface area contributed by atoms with Gasteiger partial charge in [-0.25, -0.2) is 17.9 Å². The molecule has 5 N–H and O–H groups in total. The summed E-state index contributed by atoms with van der Waals surface area (Å²) in [6, 6.07) is 5.19. The zero-order valence-corrected chi connectivity index (χ0v) is 33.0. The number of hydrogen-bond acceptors (Lipinski definition) is 10. The second-order valence-corrected chi connectivity index (χ2v) is 16.1. The molecule has 3 atom stereocenters. The molecule has 3 heterocycles. The summed E-state index contributed by atoms with van der Waals surface area (Å²) in [6.45, 7) is 10.9. The Bertz CT molecular complexity index is 1910. The van der Waals surface area contributed by atoms with Crippen LogP contribution in [0.4, 0.5) is 0 Å². The van der Waals surface area contributed by atoms with Gasteiger partial charge < -0.3 is 30.6 Å². The molecular weight excluding hydrogens is 715 g/mol. The lowest BCUT2D eigenvalue weighted by Gasteiger charge is -2.35. The fourth-order valence-corrected chi connectivity index (χ4v) is 8.28. The van der Waals surface area contributed by atoms with Crippen molar-refractivity contribution in [1.82, 2.24) is 15.4 Å². The molecule has 2 aromatic rings. The zero-order chi connectivity index (χ0) is 39.8. The Labute approximate surface area is 317 Å². The first-order valence-corrected chi connectivity index (χ1v) is 19.6. The van der Waals surface area contributed by atoms with Crippen molar-refractivity contribution in [3.05, 3.63) is 64.2 Å². The normalized spacial score (nSPS) is 20.8. The average molecular weight is 768 g/mol. The summed E-state index contributed by atoms with van der Waals surface area (Å²) in [5.41, 5.74) is 9.26. The number of fused-ring (bicyclic) bond motifs is 14. The molecule has 5 rings (SSSR count). The van der Waals surface area contributed by atoms with Gasteiger partial charge in [-0.1, -0.05) is 24.3 Å². The first-order valence-electron chi connectivity index (χ1n) is 18.1. The van der Waals surface area contributed by atoms with Crippen molar-refractivity contribution < 1.29 is 41.8 Å². The lowest BCUT2D eigenvalue weighted by Crippen LogP contribution is -2.46. The summed E-state index contributed by atoms with van der Waals surface area (Å²) in [5, 5.41) is 5.42. The molecule has 294 valence electrons. The topological polar surface area (TPSA) is 205 Å². The number of aliphatic imine (C=N–C) groups is 1. The van der Waals surface area contributed by atoms with Crippen LogP contribution in [-0.2, 0) is 46.8 Å². The fourth-order valence-electron chi connectivity index (χ4n) is 6.76. The minimum Gasteiger partial charge on any atom is -0.490 e. The Morgan fingerprint density at radius 3 is 2.43 bits per heavy atom. The number of guanidine groups is 1. The van der Waals surface area contributed by atoms with Gasteiger partial charge in [0.1, 0.15) is 29.7 Å². The molecule has 54 heavy (non-hydrogen) atoms. The summed E-state index contributed by atoms with van der Waals surface area (Å²) in [5.74, 6) is -1.93. The molecule has 14 nitrogen and oxygen atoms in total. The van der Waals surface area contributed by atoms with E-state index in [0.717, 1.165) is 28.9 Å². The Morgan fingerprint density at radius 2 is 1.76 bits per heavy atom. The summed E-state index contributed by atoms with van der Waals surface area (Å²) in [7, 11) is -2.91. The van der Waals surface area contributed by atoms with E-state index in [0.29, 0.717) is 23.3 Å². The molecule has 0 radical (unpaired) electrons. The number of amides is 2. The fraction of sp³-hybridized carbons (Fsp3) is 0.513.